The minimum atomic E-state index is -0.715. The van der Waals surface area contributed by atoms with Gasteiger partial charge in [-0.25, -0.2) is 9.18 Å². The maximum absolute atomic E-state index is 13.4. The number of hydrogen-bond acceptors (Lipinski definition) is 4. The van der Waals surface area contributed by atoms with E-state index in [2.05, 4.69) is 11.9 Å². The predicted octanol–water partition coefficient (Wildman–Crippen LogP) is 1.24. The normalized spacial score (nSPS) is 14.6. The van der Waals surface area contributed by atoms with Crippen molar-refractivity contribution in [2.24, 2.45) is 0 Å². The number of rotatable bonds is 6. The fourth-order valence-corrected chi connectivity index (χ4v) is 3.79. The van der Waals surface area contributed by atoms with Crippen molar-refractivity contribution in [3.8, 4) is 11.1 Å². The van der Waals surface area contributed by atoms with E-state index < -0.39 is 23.5 Å². The zero-order valence-corrected chi connectivity index (χ0v) is 17.5. The third kappa shape index (κ3) is 4.28. The number of benzene rings is 1. The maximum Gasteiger partial charge on any atom is 0.340 e. The number of halogens is 1. The number of nitrogens with one attached hydrogen (secondary N) is 2. The molecule has 160 valence electrons. The van der Waals surface area contributed by atoms with Crippen molar-refractivity contribution in [2.45, 2.75) is 20.8 Å². The number of quaternary nitrogens is 1. The molecule has 0 unspecified atom stereocenters. The summed E-state index contributed by atoms with van der Waals surface area (Å²) in [6.07, 6.45) is 0. The molecule has 0 radical (unpaired) electrons. The van der Waals surface area contributed by atoms with Crippen LogP contribution in [0.2, 0.25) is 0 Å². The molecule has 1 aliphatic heterocycles. The van der Waals surface area contributed by atoms with Crippen molar-refractivity contribution in [3.63, 3.8) is 0 Å². The Morgan fingerprint density at radius 1 is 1.13 bits per heavy atom. The van der Waals surface area contributed by atoms with Crippen molar-refractivity contribution in [3.05, 3.63) is 47.0 Å². The van der Waals surface area contributed by atoms with Crippen LogP contribution in [0.5, 0.6) is 0 Å². The zero-order chi connectivity index (χ0) is 21.8. The summed E-state index contributed by atoms with van der Waals surface area (Å²) in [5, 5.41) is 0. The second-order valence-corrected chi connectivity index (χ2v) is 7.33. The van der Waals surface area contributed by atoms with Crippen LogP contribution in [0, 0.1) is 12.7 Å². The molecule has 1 aliphatic rings. The molecular formula is C22H27FN3O4+. The number of aromatic amines is 1. The standard InChI is InChI=1S/C22H26FN3O4/c1-4-25-10-12-26(13-11-25)21(28)20(27)19-18(15-6-8-16(23)9-7-15)17(14(3)24-19)22(29)30-5-2/h6-9,24H,4-5,10-13H2,1-3H3/p+1. The van der Waals surface area contributed by atoms with Crippen LogP contribution >= 0.6 is 0 Å². The topological polar surface area (TPSA) is 83.9 Å². The molecule has 2 aromatic rings. The first kappa shape index (κ1) is 21.7. The summed E-state index contributed by atoms with van der Waals surface area (Å²) >= 11 is 0. The number of Topliss-reactive ketones (excluding diaryl/α,β-unsaturated/α-hetero) is 1. The highest BCUT2D eigenvalue weighted by molar-refractivity contribution is 6.43. The molecule has 0 saturated carbocycles. The first-order valence-corrected chi connectivity index (χ1v) is 10.2. The number of ether oxygens (including phenoxy) is 1. The summed E-state index contributed by atoms with van der Waals surface area (Å²) < 4.78 is 18.6. The van der Waals surface area contributed by atoms with Crippen LogP contribution in [-0.2, 0) is 9.53 Å². The van der Waals surface area contributed by atoms with Crippen molar-refractivity contribution < 1.29 is 28.4 Å². The minimum absolute atomic E-state index is 0.0254. The molecule has 7 nitrogen and oxygen atoms in total. The van der Waals surface area contributed by atoms with Gasteiger partial charge in [-0.05, 0) is 38.5 Å². The number of piperazine rings is 1. The van der Waals surface area contributed by atoms with E-state index in [-0.39, 0.29) is 23.4 Å². The Balaban J connectivity index is 2.00. The lowest BCUT2D eigenvalue weighted by atomic mass is 9.98. The first-order chi connectivity index (χ1) is 14.4. The van der Waals surface area contributed by atoms with Gasteiger partial charge in [0.15, 0.2) is 0 Å². The van der Waals surface area contributed by atoms with Gasteiger partial charge in [0.25, 0.3) is 11.7 Å². The monoisotopic (exact) mass is 416 g/mol. The molecule has 30 heavy (non-hydrogen) atoms. The lowest BCUT2D eigenvalue weighted by Gasteiger charge is -2.31. The SMILES string of the molecule is CCOC(=O)c1c(C)[nH]c(C(=O)C(=O)N2CC[NH+](CC)CC2)c1-c1ccc(F)cc1. The van der Waals surface area contributed by atoms with Gasteiger partial charge in [-0.1, -0.05) is 12.1 Å². The molecule has 1 aromatic carbocycles. The lowest BCUT2D eigenvalue weighted by molar-refractivity contribution is -0.902. The van der Waals surface area contributed by atoms with Crippen molar-refractivity contribution in [1.82, 2.24) is 9.88 Å². The molecule has 2 N–H and O–H groups in total. The number of amides is 1. The number of likely N-dealkylation sites (N-methyl/N-ethyl adjacent to an activating group) is 1. The smallest absolute Gasteiger partial charge is 0.340 e. The molecular weight excluding hydrogens is 389 g/mol. The van der Waals surface area contributed by atoms with Crippen LogP contribution in [0.4, 0.5) is 4.39 Å². The Hall–Kier alpha value is -3.00. The summed E-state index contributed by atoms with van der Waals surface area (Å²) in [6, 6.07) is 5.45. The average molecular weight is 416 g/mol. The molecule has 1 amide bonds. The maximum atomic E-state index is 13.4. The first-order valence-electron chi connectivity index (χ1n) is 10.2. The summed E-state index contributed by atoms with van der Waals surface area (Å²) in [7, 11) is 0. The largest absolute Gasteiger partial charge is 0.462 e. The molecule has 0 aliphatic carbocycles. The number of esters is 1. The van der Waals surface area contributed by atoms with E-state index in [1.54, 1.807) is 18.7 Å². The van der Waals surface area contributed by atoms with E-state index in [1.807, 2.05) is 0 Å². The molecule has 3 rings (SSSR count). The van der Waals surface area contributed by atoms with E-state index in [9.17, 15) is 18.8 Å². The highest BCUT2D eigenvalue weighted by Crippen LogP contribution is 2.32. The number of carbonyl (C=O) groups is 3. The number of aryl methyl sites for hydroxylation is 1. The van der Waals surface area contributed by atoms with Crippen molar-refractivity contribution in [1.29, 1.82) is 0 Å². The van der Waals surface area contributed by atoms with Crippen LogP contribution in [0.3, 0.4) is 0 Å². The highest BCUT2D eigenvalue weighted by atomic mass is 19.1. The van der Waals surface area contributed by atoms with Crippen LogP contribution in [0.25, 0.3) is 11.1 Å². The second-order valence-electron chi connectivity index (χ2n) is 7.33. The third-order valence-corrected chi connectivity index (χ3v) is 5.48. The Kier molecular flexibility index (Phi) is 6.66. The van der Waals surface area contributed by atoms with Crippen molar-refractivity contribution >= 4 is 17.7 Å². The Morgan fingerprint density at radius 2 is 1.77 bits per heavy atom. The van der Waals surface area contributed by atoms with Gasteiger partial charge in [-0.15, -0.1) is 0 Å². The lowest BCUT2D eigenvalue weighted by Crippen LogP contribution is -3.14. The van der Waals surface area contributed by atoms with Gasteiger partial charge in [0.2, 0.25) is 0 Å². The fourth-order valence-electron chi connectivity index (χ4n) is 3.79. The Bertz CT molecular complexity index is 944. The highest BCUT2D eigenvalue weighted by Gasteiger charge is 2.33. The summed E-state index contributed by atoms with van der Waals surface area (Å²) in [4.78, 5) is 44.5. The van der Waals surface area contributed by atoms with E-state index in [4.69, 9.17) is 4.74 Å². The van der Waals surface area contributed by atoms with Gasteiger partial charge < -0.3 is 19.5 Å². The molecule has 0 atom stereocenters. The van der Waals surface area contributed by atoms with Gasteiger partial charge in [-0.3, -0.25) is 9.59 Å². The molecule has 0 spiro atoms. The van der Waals surface area contributed by atoms with Crippen LogP contribution in [0.15, 0.2) is 24.3 Å². The molecule has 2 heterocycles. The second kappa shape index (κ2) is 9.21. The van der Waals surface area contributed by atoms with E-state index >= 15 is 0 Å². The number of ketones is 1. The van der Waals surface area contributed by atoms with Crippen LogP contribution in [-0.4, -0.2) is 66.9 Å². The van der Waals surface area contributed by atoms with E-state index in [1.165, 1.54) is 29.2 Å². The molecule has 8 heteroatoms. The number of H-pyrrole nitrogens is 1. The molecule has 0 bridgehead atoms. The van der Waals surface area contributed by atoms with Crippen LogP contribution in [0.1, 0.15) is 40.4 Å². The van der Waals surface area contributed by atoms with Crippen molar-refractivity contribution in [2.75, 3.05) is 39.3 Å². The molecule has 1 fully saturated rings. The number of aromatic nitrogens is 1. The minimum Gasteiger partial charge on any atom is -0.462 e. The van der Waals surface area contributed by atoms with Gasteiger partial charge in [-0.2, -0.15) is 0 Å². The van der Waals surface area contributed by atoms with Gasteiger partial charge in [0.05, 0.1) is 44.9 Å². The van der Waals surface area contributed by atoms with Gasteiger partial charge >= 0.3 is 5.97 Å². The van der Waals surface area contributed by atoms with Gasteiger partial charge in [0.1, 0.15) is 11.5 Å². The Labute approximate surface area is 174 Å². The average Bonchev–Trinajstić information content (AvgIpc) is 3.10. The number of nitrogens with zero attached hydrogens (tertiary/aromatic N) is 1. The quantitative estimate of drug-likeness (QED) is 0.422. The molecule has 1 saturated heterocycles. The summed E-state index contributed by atoms with van der Waals surface area (Å²) in [5.41, 5.74) is 1.35. The zero-order valence-electron chi connectivity index (χ0n) is 17.5. The third-order valence-electron chi connectivity index (χ3n) is 5.48. The fraction of sp³-hybridized carbons (Fsp3) is 0.409. The van der Waals surface area contributed by atoms with Crippen LogP contribution < -0.4 is 4.90 Å². The van der Waals surface area contributed by atoms with E-state index in [0.29, 0.717) is 24.3 Å². The van der Waals surface area contributed by atoms with E-state index in [0.717, 1.165) is 19.6 Å². The summed E-state index contributed by atoms with van der Waals surface area (Å²) in [6.45, 7) is 9.15. The van der Waals surface area contributed by atoms with Gasteiger partial charge in [0, 0.05) is 11.3 Å². The molecule has 1 aromatic heterocycles. The number of hydrogen-bond donors (Lipinski definition) is 2. The predicted molar refractivity (Wildman–Crippen MR) is 109 cm³/mol. The Morgan fingerprint density at radius 3 is 2.33 bits per heavy atom. The summed E-state index contributed by atoms with van der Waals surface area (Å²) in [5.74, 6) is -2.36. The number of carbonyl (C=O) groups excluding carboxylic acids is 3.